The van der Waals surface area contributed by atoms with Gasteiger partial charge in [-0.25, -0.2) is 4.39 Å². The van der Waals surface area contributed by atoms with Crippen LogP contribution in [0.2, 0.25) is 0 Å². The number of hydrogen-bond acceptors (Lipinski definition) is 3. The molecule has 1 fully saturated rings. The lowest BCUT2D eigenvalue weighted by atomic mass is 10.0. The van der Waals surface area contributed by atoms with Crippen molar-refractivity contribution in [3.63, 3.8) is 0 Å². The van der Waals surface area contributed by atoms with Gasteiger partial charge in [0.1, 0.15) is 5.82 Å². The van der Waals surface area contributed by atoms with Crippen LogP contribution in [0.3, 0.4) is 0 Å². The maximum absolute atomic E-state index is 13.9. The topological polar surface area (TPSA) is 49.4 Å². The highest BCUT2D eigenvalue weighted by Gasteiger charge is 2.25. The van der Waals surface area contributed by atoms with Crippen LogP contribution >= 0.6 is 0 Å². The van der Waals surface area contributed by atoms with E-state index in [0.29, 0.717) is 18.7 Å². The fourth-order valence-electron chi connectivity index (χ4n) is 2.97. The maximum atomic E-state index is 13.9. The van der Waals surface area contributed by atoms with Gasteiger partial charge in [0, 0.05) is 25.6 Å². The van der Waals surface area contributed by atoms with Gasteiger partial charge in [0.25, 0.3) is 0 Å². The van der Waals surface area contributed by atoms with E-state index in [2.05, 4.69) is 5.32 Å². The summed E-state index contributed by atoms with van der Waals surface area (Å²) >= 11 is 0. The second kappa shape index (κ2) is 7.38. The van der Waals surface area contributed by atoms with Crippen LogP contribution in [-0.2, 0) is 4.79 Å². The Morgan fingerprint density at radius 3 is 2.86 bits per heavy atom. The van der Waals surface area contributed by atoms with Gasteiger partial charge < -0.3 is 10.2 Å². The molecule has 1 saturated heterocycles. The largest absolute Gasteiger partial charge is 0.369 e. The number of nitrogens with zero attached hydrogens (tertiary/aromatic N) is 1. The van der Waals surface area contributed by atoms with Gasteiger partial charge in [-0.2, -0.15) is 0 Å². The number of piperidine rings is 1. The first kappa shape index (κ1) is 16.5. The lowest BCUT2D eigenvalue weighted by molar-refractivity contribution is -0.121. The smallest absolute Gasteiger partial charge is 0.220 e. The number of anilines is 1. The molecule has 1 aromatic rings. The number of nitrogens with one attached hydrogen (secondary N) is 1. The number of carbonyl (C=O) groups excluding carboxylic acids is 2. The predicted molar refractivity (Wildman–Crippen MR) is 84.7 cm³/mol. The lowest BCUT2D eigenvalue weighted by Gasteiger charge is -2.35. The first-order chi connectivity index (χ1) is 10.5. The van der Waals surface area contributed by atoms with Crippen LogP contribution in [0.1, 0.15) is 49.9 Å². The van der Waals surface area contributed by atoms with E-state index in [1.54, 1.807) is 12.1 Å². The first-order valence-electron chi connectivity index (χ1n) is 7.86. The highest BCUT2D eigenvalue weighted by Crippen LogP contribution is 2.26. The highest BCUT2D eigenvalue weighted by molar-refractivity contribution is 6.00. The molecule has 0 aromatic heterocycles. The SMILES string of the molecule is CCCC(=O)N[C@@H]1CCCN(c2cccc(F)c2C(C)=O)C1. The number of ketones is 1. The highest BCUT2D eigenvalue weighted by atomic mass is 19.1. The summed E-state index contributed by atoms with van der Waals surface area (Å²) < 4.78 is 13.9. The minimum absolute atomic E-state index is 0.0517. The Kier molecular flexibility index (Phi) is 5.52. The number of Topliss-reactive ketones (excluding diaryl/α,β-unsaturated/α-hetero) is 1. The number of hydrogen-bond donors (Lipinski definition) is 1. The van der Waals surface area contributed by atoms with Crippen LogP contribution in [0.4, 0.5) is 10.1 Å². The van der Waals surface area contributed by atoms with Crippen molar-refractivity contribution in [2.75, 3.05) is 18.0 Å². The average Bonchev–Trinajstić information content (AvgIpc) is 2.47. The first-order valence-corrected chi connectivity index (χ1v) is 7.86. The van der Waals surface area contributed by atoms with E-state index in [-0.39, 0.29) is 23.3 Å². The van der Waals surface area contributed by atoms with Crippen molar-refractivity contribution < 1.29 is 14.0 Å². The second-order valence-electron chi connectivity index (χ2n) is 5.79. The van der Waals surface area contributed by atoms with Crippen LogP contribution in [0.5, 0.6) is 0 Å². The zero-order valence-electron chi connectivity index (χ0n) is 13.2. The zero-order valence-corrected chi connectivity index (χ0v) is 13.2. The van der Waals surface area contributed by atoms with Gasteiger partial charge in [-0.3, -0.25) is 9.59 Å². The molecule has 0 aliphatic carbocycles. The van der Waals surface area contributed by atoms with Crippen molar-refractivity contribution in [3.05, 3.63) is 29.6 Å². The summed E-state index contributed by atoms with van der Waals surface area (Å²) in [4.78, 5) is 25.5. The van der Waals surface area contributed by atoms with Crippen molar-refractivity contribution in [1.29, 1.82) is 0 Å². The molecule has 120 valence electrons. The van der Waals surface area contributed by atoms with Gasteiger partial charge in [0.2, 0.25) is 5.91 Å². The summed E-state index contributed by atoms with van der Waals surface area (Å²) in [6.45, 7) is 4.73. The second-order valence-corrected chi connectivity index (χ2v) is 5.79. The zero-order chi connectivity index (χ0) is 16.1. The quantitative estimate of drug-likeness (QED) is 0.851. The molecular formula is C17H23FN2O2. The third-order valence-electron chi connectivity index (χ3n) is 3.95. The Morgan fingerprint density at radius 2 is 2.18 bits per heavy atom. The Bertz CT molecular complexity index is 560. The molecule has 1 atom stereocenters. The number of benzene rings is 1. The van der Waals surface area contributed by atoms with Gasteiger partial charge in [-0.15, -0.1) is 0 Å². The van der Waals surface area contributed by atoms with Gasteiger partial charge in [-0.1, -0.05) is 13.0 Å². The number of halogens is 1. The fraction of sp³-hybridized carbons (Fsp3) is 0.529. The molecule has 1 heterocycles. The summed E-state index contributed by atoms with van der Waals surface area (Å²) in [5.41, 5.74) is 0.768. The predicted octanol–water partition coefficient (Wildman–Crippen LogP) is 2.91. The van der Waals surface area contributed by atoms with Crippen LogP contribution in [-0.4, -0.2) is 30.8 Å². The number of amides is 1. The maximum Gasteiger partial charge on any atom is 0.220 e. The van der Waals surface area contributed by atoms with Crippen LogP contribution in [0, 0.1) is 5.82 Å². The van der Waals surface area contributed by atoms with Crippen molar-refractivity contribution in [3.8, 4) is 0 Å². The standard InChI is InChI=1S/C17H23FN2O2/c1-3-6-16(22)19-13-7-5-10-20(11-13)15-9-4-8-14(18)17(15)12(2)21/h4,8-9,13H,3,5-7,10-11H2,1-2H3,(H,19,22)/t13-/m1/s1. The monoisotopic (exact) mass is 306 g/mol. The van der Waals surface area contributed by atoms with Gasteiger partial charge >= 0.3 is 0 Å². The molecule has 1 aliphatic heterocycles. The summed E-state index contributed by atoms with van der Waals surface area (Å²) in [6, 6.07) is 4.76. The molecule has 4 nitrogen and oxygen atoms in total. The Labute approximate surface area is 130 Å². The molecule has 0 unspecified atom stereocenters. The molecular weight excluding hydrogens is 283 g/mol. The van der Waals surface area contributed by atoms with Crippen LogP contribution in [0.25, 0.3) is 0 Å². The van der Waals surface area contributed by atoms with Gasteiger partial charge in [0.05, 0.1) is 11.3 Å². The molecule has 2 rings (SSSR count). The third-order valence-corrected chi connectivity index (χ3v) is 3.95. The molecule has 1 N–H and O–H groups in total. The molecule has 0 radical (unpaired) electrons. The van der Waals surface area contributed by atoms with E-state index in [1.165, 1.54) is 13.0 Å². The minimum Gasteiger partial charge on any atom is -0.369 e. The summed E-state index contributed by atoms with van der Waals surface area (Å²) in [5.74, 6) is -0.701. The molecule has 22 heavy (non-hydrogen) atoms. The molecule has 1 aliphatic rings. The Morgan fingerprint density at radius 1 is 1.41 bits per heavy atom. The Balaban J connectivity index is 2.14. The van der Waals surface area contributed by atoms with Crippen molar-refractivity contribution >= 4 is 17.4 Å². The van der Waals surface area contributed by atoms with E-state index in [4.69, 9.17) is 0 Å². The Hall–Kier alpha value is -1.91. The van der Waals surface area contributed by atoms with E-state index in [9.17, 15) is 14.0 Å². The fourth-order valence-corrected chi connectivity index (χ4v) is 2.97. The van der Waals surface area contributed by atoms with E-state index in [0.717, 1.165) is 25.8 Å². The summed E-state index contributed by atoms with van der Waals surface area (Å²) in [5, 5.41) is 3.02. The van der Waals surface area contributed by atoms with Crippen molar-refractivity contribution in [2.45, 2.75) is 45.6 Å². The molecule has 0 saturated carbocycles. The van der Waals surface area contributed by atoms with E-state index in [1.807, 2.05) is 11.8 Å². The average molecular weight is 306 g/mol. The van der Waals surface area contributed by atoms with Crippen LogP contribution < -0.4 is 10.2 Å². The van der Waals surface area contributed by atoms with E-state index < -0.39 is 5.82 Å². The summed E-state index contributed by atoms with van der Waals surface area (Å²) in [6.07, 6.45) is 3.16. The van der Waals surface area contributed by atoms with E-state index >= 15 is 0 Å². The molecule has 0 bridgehead atoms. The number of rotatable bonds is 5. The van der Waals surface area contributed by atoms with Gasteiger partial charge in [-0.05, 0) is 38.3 Å². The van der Waals surface area contributed by atoms with Gasteiger partial charge in [0.15, 0.2) is 5.78 Å². The van der Waals surface area contributed by atoms with Crippen LogP contribution in [0.15, 0.2) is 18.2 Å². The molecule has 5 heteroatoms. The number of carbonyl (C=O) groups is 2. The molecule has 1 amide bonds. The minimum atomic E-state index is -0.484. The normalized spacial score (nSPS) is 18.1. The molecule has 0 spiro atoms. The summed E-state index contributed by atoms with van der Waals surface area (Å²) in [7, 11) is 0. The lowest BCUT2D eigenvalue weighted by Crippen LogP contribution is -2.48. The molecule has 1 aromatic carbocycles. The third kappa shape index (κ3) is 3.84. The van der Waals surface area contributed by atoms with Crippen molar-refractivity contribution in [2.24, 2.45) is 0 Å². The van der Waals surface area contributed by atoms with Crippen molar-refractivity contribution in [1.82, 2.24) is 5.32 Å².